The van der Waals surface area contributed by atoms with Gasteiger partial charge in [0.2, 0.25) is 0 Å². The number of rotatable bonds is 7. The van der Waals surface area contributed by atoms with Crippen molar-refractivity contribution in [1.82, 2.24) is 10.2 Å². The Hall–Kier alpha value is -1.50. The number of halogens is 1. The molecule has 0 aliphatic carbocycles. The number of anilines is 1. The highest BCUT2D eigenvalue weighted by Gasteiger charge is 2.38. The van der Waals surface area contributed by atoms with Crippen LogP contribution in [0.1, 0.15) is 36.0 Å². The number of fused-ring (bicyclic) bond motifs is 2. The predicted octanol–water partition coefficient (Wildman–Crippen LogP) is 2.55. The molecule has 1 amide bonds. The first-order valence-electron chi connectivity index (χ1n) is 9.24. The maximum atomic E-state index is 12.8. The van der Waals surface area contributed by atoms with Crippen LogP contribution in [0.2, 0.25) is 5.02 Å². The van der Waals surface area contributed by atoms with Crippen LogP contribution in [0.15, 0.2) is 12.1 Å². The third-order valence-electron chi connectivity index (χ3n) is 5.43. The smallest absolute Gasteiger partial charge is 0.255 e. The van der Waals surface area contributed by atoms with E-state index in [-0.39, 0.29) is 11.3 Å². The SMILES string of the molecule is COCCOc1cc(N)c(Cl)cc1C(=O)NCC12CCCN(CCC1)C2. The van der Waals surface area contributed by atoms with Crippen molar-refractivity contribution >= 4 is 23.2 Å². The Balaban J connectivity index is 1.69. The molecule has 2 fully saturated rings. The van der Waals surface area contributed by atoms with E-state index in [0.29, 0.717) is 41.8 Å². The van der Waals surface area contributed by atoms with E-state index in [4.69, 9.17) is 26.8 Å². The molecule has 26 heavy (non-hydrogen) atoms. The van der Waals surface area contributed by atoms with Gasteiger partial charge >= 0.3 is 0 Å². The van der Waals surface area contributed by atoms with Gasteiger partial charge in [0.15, 0.2) is 0 Å². The van der Waals surface area contributed by atoms with Gasteiger partial charge in [0.1, 0.15) is 12.4 Å². The summed E-state index contributed by atoms with van der Waals surface area (Å²) >= 11 is 6.13. The number of benzene rings is 1. The number of amides is 1. The second kappa shape index (κ2) is 8.46. The van der Waals surface area contributed by atoms with Gasteiger partial charge in [-0.2, -0.15) is 0 Å². The second-order valence-corrected chi connectivity index (χ2v) is 7.78. The number of nitrogens with one attached hydrogen (secondary N) is 1. The molecule has 1 aromatic rings. The summed E-state index contributed by atoms with van der Waals surface area (Å²) in [7, 11) is 1.60. The molecule has 0 radical (unpaired) electrons. The van der Waals surface area contributed by atoms with Crippen LogP contribution in [0, 0.1) is 5.41 Å². The number of nitrogen functional groups attached to an aromatic ring is 1. The third-order valence-corrected chi connectivity index (χ3v) is 5.76. The van der Waals surface area contributed by atoms with Crippen LogP contribution in [0.5, 0.6) is 5.75 Å². The molecule has 0 saturated carbocycles. The van der Waals surface area contributed by atoms with Crippen LogP contribution >= 0.6 is 11.6 Å². The molecule has 0 unspecified atom stereocenters. The number of nitrogens with zero attached hydrogens (tertiary/aromatic N) is 1. The number of methoxy groups -OCH3 is 1. The number of carbonyl (C=O) groups is 1. The summed E-state index contributed by atoms with van der Waals surface area (Å²) in [4.78, 5) is 15.3. The summed E-state index contributed by atoms with van der Waals surface area (Å²) in [5.41, 5.74) is 6.87. The number of hydrogen-bond acceptors (Lipinski definition) is 5. The fourth-order valence-electron chi connectivity index (χ4n) is 4.08. The second-order valence-electron chi connectivity index (χ2n) is 7.38. The Kier molecular flexibility index (Phi) is 6.27. The lowest BCUT2D eigenvalue weighted by molar-refractivity contribution is 0.0369. The van der Waals surface area contributed by atoms with E-state index in [1.165, 1.54) is 38.8 Å². The Morgan fingerprint density at radius 2 is 2.04 bits per heavy atom. The predicted molar refractivity (Wildman–Crippen MR) is 103 cm³/mol. The molecule has 3 N–H and O–H groups in total. The van der Waals surface area contributed by atoms with Gasteiger partial charge in [0, 0.05) is 31.7 Å². The Labute approximate surface area is 160 Å². The minimum absolute atomic E-state index is 0.170. The number of hydrogen-bond donors (Lipinski definition) is 2. The average molecular weight is 382 g/mol. The van der Waals surface area contributed by atoms with Crippen LogP contribution in [-0.4, -0.2) is 57.3 Å². The van der Waals surface area contributed by atoms with Crippen molar-refractivity contribution in [1.29, 1.82) is 0 Å². The highest BCUT2D eigenvalue weighted by molar-refractivity contribution is 6.33. The number of nitrogens with two attached hydrogens (primary N) is 1. The summed E-state index contributed by atoms with van der Waals surface area (Å²) in [5, 5.41) is 3.47. The van der Waals surface area contributed by atoms with Crippen molar-refractivity contribution in [2.45, 2.75) is 25.7 Å². The summed E-state index contributed by atoms with van der Waals surface area (Å²) in [6, 6.07) is 3.19. The van der Waals surface area contributed by atoms with E-state index >= 15 is 0 Å². The number of carbonyl (C=O) groups excluding carboxylic acids is 1. The van der Waals surface area contributed by atoms with E-state index < -0.39 is 0 Å². The van der Waals surface area contributed by atoms with Crippen molar-refractivity contribution < 1.29 is 14.3 Å². The maximum absolute atomic E-state index is 12.8. The van der Waals surface area contributed by atoms with Crippen LogP contribution in [0.4, 0.5) is 5.69 Å². The quantitative estimate of drug-likeness (QED) is 0.560. The first kappa shape index (κ1) is 19.3. The Morgan fingerprint density at radius 1 is 1.31 bits per heavy atom. The highest BCUT2D eigenvalue weighted by Crippen LogP contribution is 2.38. The monoisotopic (exact) mass is 381 g/mol. The van der Waals surface area contributed by atoms with E-state index in [2.05, 4.69) is 10.2 Å². The van der Waals surface area contributed by atoms with Crippen LogP contribution in [0.3, 0.4) is 0 Å². The molecular formula is C19H28ClN3O3. The molecule has 2 saturated heterocycles. The maximum Gasteiger partial charge on any atom is 0.255 e. The van der Waals surface area contributed by atoms with Crippen LogP contribution in [0.25, 0.3) is 0 Å². The van der Waals surface area contributed by atoms with Gasteiger partial charge in [-0.05, 0) is 44.8 Å². The molecule has 144 valence electrons. The topological polar surface area (TPSA) is 76.8 Å². The lowest BCUT2D eigenvalue weighted by Crippen LogP contribution is -2.52. The summed E-state index contributed by atoms with van der Waals surface area (Å²) in [5.74, 6) is 0.268. The van der Waals surface area contributed by atoms with Crippen molar-refractivity contribution in [3.05, 3.63) is 22.7 Å². The fourth-order valence-corrected chi connectivity index (χ4v) is 4.24. The van der Waals surface area contributed by atoms with Gasteiger partial charge < -0.3 is 25.4 Å². The molecule has 0 atom stereocenters. The van der Waals surface area contributed by atoms with Gasteiger partial charge in [0.05, 0.1) is 22.9 Å². The van der Waals surface area contributed by atoms with Gasteiger partial charge in [-0.3, -0.25) is 4.79 Å². The molecular weight excluding hydrogens is 354 g/mol. The van der Waals surface area contributed by atoms with Gasteiger partial charge in [-0.15, -0.1) is 0 Å². The molecule has 2 heterocycles. The summed E-state index contributed by atoms with van der Waals surface area (Å²) in [6.45, 7) is 4.90. The number of ether oxygens (including phenoxy) is 2. The lowest BCUT2D eigenvalue weighted by atomic mass is 9.73. The van der Waals surface area contributed by atoms with Crippen molar-refractivity contribution in [3.63, 3.8) is 0 Å². The first-order valence-corrected chi connectivity index (χ1v) is 9.62. The lowest BCUT2D eigenvalue weighted by Gasteiger charge is -2.47. The first-order chi connectivity index (χ1) is 12.5. The molecule has 7 heteroatoms. The van der Waals surface area contributed by atoms with Gasteiger partial charge in [0.25, 0.3) is 5.91 Å². The van der Waals surface area contributed by atoms with Crippen LogP contribution in [-0.2, 0) is 4.74 Å². The molecule has 0 aromatic heterocycles. The normalized spacial score (nSPS) is 24.9. The Bertz CT molecular complexity index is 643. The van der Waals surface area contributed by atoms with Gasteiger partial charge in [-0.1, -0.05) is 11.6 Å². The zero-order chi connectivity index (χ0) is 18.6. The average Bonchev–Trinajstić information content (AvgIpc) is 2.63. The van der Waals surface area contributed by atoms with Crippen molar-refractivity contribution in [2.24, 2.45) is 5.41 Å². The molecule has 1 aromatic carbocycles. The molecule has 0 spiro atoms. The Morgan fingerprint density at radius 3 is 2.73 bits per heavy atom. The van der Waals surface area contributed by atoms with E-state index in [9.17, 15) is 4.79 Å². The van der Waals surface area contributed by atoms with Crippen molar-refractivity contribution in [3.8, 4) is 5.75 Å². The minimum atomic E-state index is -0.170. The minimum Gasteiger partial charge on any atom is -0.490 e. The zero-order valence-corrected chi connectivity index (χ0v) is 16.1. The molecule has 6 nitrogen and oxygen atoms in total. The van der Waals surface area contributed by atoms with E-state index in [1.54, 1.807) is 19.2 Å². The van der Waals surface area contributed by atoms with E-state index in [0.717, 1.165) is 6.54 Å². The molecule has 2 bridgehead atoms. The summed E-state index contributed by atoms with van der Waals surface area (Å²) < 4.78 is 10.7. The van der Waals surface area contributed by atoms with Crippen molar-refractivity contribution in [2.75, 3.05) is 52.2 Å². The zero-order valence-electron chi connectivity index (χ0n) is 15.4. The third kappa shape index (κ3) is 4.42. The number of piperidine rings is 2. The molecule has 2 aliphatic heterocycles. The highest BCUT2D eigenvalue weighted by atomic mass is 35.5. The molecule has 2 aliphatic rings. The molecule has 3 rings (SSSR count). The fraction of sp³-hybridized carbons (Fsp3) is 0.632. The largest absolute Gasteiger partial charge is 0.490 e. The van der Waals surface area contributed by atoms with Crippen LogP contribution < -0.4 is 15.8 Å². The van der Waals surface area contributed by atoms with E-state index in [1.807, 2.05) is 0 Å². The standard InChI is InChI=1S/C19H28ClN3O3/c1-25-8-9-26-17-11-16(21)15(20)10-14(17)18(24)22-12-19-4-2-6-23(13-19)7-3-5-19/h10-11H,2-9,12-13,21H2,1H3,(H,22,24). The summed E-state index contributed by atoms with van der Waals surface area (Å²) in [6.07, 6.45) is 4.75. The van der Waals surface area contributed by atoms with Gasteiger partial charge in [-0.25, -0.2) is 0 Å².